The van der Waals surface area contributed by atoms with Gasteiger partial charge in [-0.3, -0.25) is 9.59 Å². The fourth-order valence-electron chi connectivity index (χ4n) is 5.03. The minimum absolute atomic E-state index is 0.0915. The normalized spacial score (nSPS) is 26.3. The Hall–Kier alpha value is -2.85. The maximum atomic E-state index is 13.2. The van der Waals surface area contributed by atoms with Crippen LogP contribution in [0.2, 0.25) is 0 Å². The van der Waals surface area contributed by atoms with E-state index in [1.54, 1.807) is 17.0 Å². The van der Waals surface area contributed by atoms with Crippen molar-refractivity contribution in [2.45, 2.75) is 76.0 Å². The lowest BCUT2D eigenvalue weighted by Crippen LogP contribution is -2.37. The molecular weight excluding hydrogens is 382 g/mol. The Morgan fingerprint density at radius 1 is 1.20 bits per heavy atom. The fraction of sp³-hybridized carbons (Fsp3) is 0.522. The van der Waals surface area contributed by atoms with E-state index in [1.165, 1.54) is 0 Å². The molecule has 1 amide bonds. The minimum atomic E-state index is -0.987. The monoisotopic (exact) mass is 409 g/mol. The first-order chi connectivity index (χ1) is 14.5. The largest absolute Gasteiger partial charge is 0.481 e. The SMILES string of the molecule is N#Cc1ccc(N2C(=O)C(CC(=O)O)=C3CCCCC32)cc1NC1CCC(O)CC1. The summed E-state index contributed by atoms with van der Waals surface area (Å²) >= 11 is 0. The van der Waals surface area contributed by atoms with E-state index < -0.39 is 5.97 Å². The second kappa shape index (κ2) is 8.49. The number of nitriles is 1. The first-order valence-electron chi connectivity index (χ1n) is 10.7. The highest BCUT2D eigenvalue weighted by atomic mass is 16.4. The third-order valence-corrected chi connectivity index (χ3v) is 6.54. The smallest absolute Gasteiger partial charge is 0.308 e. The third kappa shape index (κ3) is 3.92. The van der Waals surface area contributed by atoms with Crippen LogP contribution in [-0.2, 0) is 9.59 Å². The number of rotatable bonds is 5. The summed E-state index contributed by atoms with van der Waals surface area (Å²) in [5.41, 5.74) is 3.29. The molecule has 1 heterocycles. The molecule has 0 spiro atoms. The van der Waals surface area contributed by atoms with Gasteiger partial charge in [0.15, 0.2) is 0 Å². The lowest BCUT2D eigenvalue weighted by molar-refractivity contribution is -0.136. The van der Waals surface area contributed by atoms with Crippen molar-refractivity contribution < 1.29 is 19.8 Å². The summed E-state index contributed by atoms with van der Waals surface area (Å²) in [4.78, 5) is 26.2. The Morgan fingerprint density at radius 2 is 1.97 bits per heavy atom. The second-order valence-electron chi connectivity index (χ2n) is 8.50. The van der Waals surface area contributed by atoms with E-state index >= 15 is 0 Å². The molecule has 1 aliphatic heterocycles. The maximum absolute atomic E-state index is 13.2. The number of aliphatic hydroxyl groups excluding tert-OH is 1. The van der Waals surface area contributed by atoms with E-state index in [1.807, 2.05) is 6.07 Å². The van der Waals surface area contributed by atoms with E-state index in [4.69, 9.17) is 0 Å². The molecule has 2 aliphatic carbocycles. The zero-order valence-corrected chi connectivity index (χ0v) is 16.9. The van der Waals surface area contributed by atoms with Crippen molar-refractivity contribution in [2.24, 2.45) is 0 Å². The Labute approximate surface area is 176 Å². The number of anilines is 2. The van der Waals surface area contributed by atoms with Crippen LogP contribution in [0.3, 0.4) is 0 Å². The van der Waals surface area contributed by atoms with Crippen LogP contribution in [0.1, 0.15) is 63.4 Å². The number of hydrogen-bond acceptors (Lipinski definition) is 5. The highest BCUT2D eigenvalue weighted by Crippen LogP contribution is 2.41. The molecule has 0 aromatic heterocycles. The molecule has 2 fully saturated rings. The molecule has 1 atom stereocenters. The summed E-state index contributed by atoms with van der Waals surface area (Å²) in [5.74, 6) is -1.21. The number of fused-ring (bicyclic) bond motifs is 1. The molecule has 7 nitrogen and oxygen atoms in total. The van der Waals surface area contributed by atoms with E-state index in [2.05, 4.69) is 11.4 Å². The summed E-state index contributed by atoms with van der Waals surface area (Å²) < 4.78 is 0. The van der Waals surface area contributed by atoms with Crippen LogP contribution in [0.15, 0.2) is 29.3 Å². The van der Waals surface area contributed by atoms with Crippen LogP contribution < -0.4 is 10.2 Å². The van der Waals surface area contributed by atoms with Crippen LogP contribution in [0.25, 0.3) is 0 Å². The molecule has 3 aliphatic rings. The summed E-state index contributed by atoms with van der Waals surface area (Å²) in [5, 5.41) is 32.0. The number of hydrogen-bond donors (Lipinski definition) is 3. The van der Waals surface area contributed by atoms with Crippen LogP contribution in [0.4, 0.5) is 11.4 Å². The molecule has 0 radical (unpaired) electrons. The van der Waals surface area contributed by atoms with Gasteiger partial charge < -0.3 is 20.4 Å². The third-order valence-electron chi connectivity index (χ3n) is 6.54. The number of carbonyl (C=O) groups excluding carboxylic acids is 1. The predicted octanol–water partition coefficient (Wildman–Crippen LogP) is 3.33. The molecule has 7 heteroatoms. The quantitative estimate of drug-likeness (QED) is 0.687. The van der Waals surface area contributed by atoms with E-state index in [0.29, 0.717) is 22.5 Å². The Kier molecular flexibility index (Phi) is 5.78. The number of aliphatic carboxylic acids is 1. The lowest BCUT2D eigenvalue weighted by Gasteiger charge is -2.31. The van der Waals surface area contributed by atoms with E-state index in [9.17, 15) is 25.1 Å². The van der Waals surface area contributed by atoms with Gasteiger partial charge in [-0.1, -0.05) is 6.42 Å². The van der Waals surface area contributed by atoms with Crippen LogP contribution >= 0.6 is 0 Å². The predicted molar refractivity (Wildman–Crippen MR) is 112 cm³/mol. The van der Waals surface area contributed by atoms with Gasteiger partial charge in [0.2, 0.25) is 0 Å². The van der Waals surface area contributed by atoms with Crippen LogP contribution in [0.5, 0.6) is 0 Å². The van der Waals surface area contributed by atoms with Crippen LogP contribution in [-0.4, -0.2) is 40.3 Å². The Morgan fingerprint density at radius 3 is 2.67 bits per heavy atom. The number of carbonyl (C=O) groups is 2. The highest BCUT2D eigenvalue weighted by molar-refractivity contribution is 6.12. The number of nitrogens with one attached hydrogen (secondary N) is 1. The van der Waals surface area contributed by atoms with Gasteiger partial charge in [0.05, 0.1) is 29.8 Å². The van der Waals surface area contributed by atoms with Gasteiger partial charge in [-0.15, -0.1) is 0 Å². The summed E-state index contributed by atoms with van der Waals surface area (Å²) in [6.45, 7) is 0. The first-order valence-corrected chi connectivity index (χ1v) is 10.7. The van der Waals surface area contributed by atoms with Gasteiger partial charge >= 0.3 is 5.97 Å². The summed E-state index contributed by atoms with van der Waals surface area (Å²) in [7, 11) is 0. The van der Waals surface area contributed by atoms with Crippen molar-refractivity contribution in [3.8, 4) is 6.07 Å². The van der Waals surface area contributed by atoms with Gasteiger partial charge in [-0.2, -0.15) is 5.26 Å². The lowest BCUT2D eigenvalue weighted by atomic mass is 9.88. The fourth-order valence-corrected chi connectivity index (χ4v) is 5.03. The molecule has 2 saturated carbocycles. The zero-order chi connectivity index (χ0) is 21.3. The van der Waals surface area contributed by atoms with Crippen molar-refractivity contribution in [1.82, 2.24) is 0 Å². The van der Waals surface area contributed by atoms with Crippen molar-refractivity contribution in [3.63, 3.8) is 0 Å². The topological polar surface area (TPSA) is 114 Å². The molecule has 0 bridgehead atoms. The van der Waals surface area contributed by atoms with Crippen LogP contribution in [0, 0.1) is 11.3 Å². The van der Waals surface area contributed by atoms with Gasteiger partial charge in [-0.05, 0) is 68.7 Å². The molecule has 0 saturated heterocycles. The zero-order valence-electron chi connectivity index (χ0n) is 16.9. The number of benzene rings is 1. The Balaban J connectivity index is 1.63. The van der Waals surface area contributed by atoms with Gasteiger partial charge in [0, 0.05) is 17.3 Å². The molecule has 1 unspecified atom stereocenters. The highest BCUT2D eigenvalue weighted by Gasteiger charge is 2.41. The molecule has 3 N–H and O–H groups in total. The van der Waals surface area contributed by atoms with Gasteiger partial charge in [0.25, 0.3) is 5.91 Å². The number of amides is 1. The average molecular weight is 409 g/mol. The van der Waals surface area contributed by atoms with Crippen molar-refractivity contribution >= 4 is 23.3 Å². The number of nitrogens with zero attached hydrogens (tertiary/aromatic N) is 2. The number of carboxylic acid groups (broad SMARTS) is 1. The molecule has 1 aromatic rings. The Bertz CT molecular complexity index is 925. The van der Waals surface area contributed by atoms with E-state index in [-0.39, 0.29) is 30.5 Å². The van der Waals surface area contributed by atoms with Crippen molar-refractivity contribution in [2.75, 3.05) is 10.2 Å². The summed E-state index contributed by atoms with van der Waals surface area (Å²) in [6, 6.07) is 7.64. The van der Waals surface area contributed by atoms with Gasteiger partial charge in [-0.25, -0.2) is 0 Å². The van der Waals surface area contributed by atoms with Crippen molar-refractivity contribution in [3.05, 3.63) is 34.9 Å². The molecule has 158 valence electrons. The molecule has 30 heavy (non-hydrogen) atoms. The van der Waals surface area contributed by atoms with Gasteiger partial charge in [0.1, 0.15) is 6.07 Å². The molecular formula is C23H27N3O4. The maximum Gasteiger partial charge on any atom is 0.308 e. The standard InChI is InChI=1S/C23H27N3O4/c24-13-14-5-8-16(11-20(14)25-15-6-9-17(27)10-7-15)26-21-4-2-1-3-18(21)19(23(26)30)12-22(28)29/h5,8,11,15,17,21,25,27H,1-4,6-7,9-10,12H2,(H,28,29). The minimum Gasteiger partial charge on any atom is -0.481 e. The first kappa shape index (κ1) is 20.4. The molecule has 4 rings (SSSR count). The van der Waals surface area contributed by atoms with Crippen molar-refractivity contribution in [1.29, 1.82) is 5.26 Å². The second-order valence-corrected chi connectivity index (χ2v) is 8.50. The number of carboxylic acids is 1. The average Bonchev–Trinajstić information content (AvgIpc) is 3.01. The molecule has 1 aromatic carbocycles. The van der Waals surface area contributed by atoms with E-state index in [0.717, 1.165) is 56.9 Å². The summed E-state index contributed by atoms with van der Waals surface area (Å²) in [6.07, 6.45) is 6.20. The number of aliphatic hydroxyl groups is 1.